The Labute approximate surface area is 107 Å². The maximum atomic E-state index is 10.9. The van der Waals surface area contributed by atoms with E-state index >= 15 is 0 Å². The highest BCUT2D eigenvalue weighted by molar-refractivity contribution is 5.84. The molecule has 0 aliphatic carbocycles. The third kappa shape index (κ3) is 1.77. The average molecular weight is 245 g/mol. The Bertz CT molecular complexity index is 468. The highest BCUT2D eigenvalue weighted by Gasteiger charge is 2.42. The largest absolute Gasteiger partial charge is 0.349 e. The van der Waals surface area contributed by atoms with E-state index in [1.807, 2.05) is 36.1 Å². The van der Waals surface area contributed by atoms with E-state index < -0.39 is 5.85 Å². The first-order valence-corrected chi connectivity index (χ1v) is 6.61. The topological polar surface area (TPSA) is 47.9 Å². The van der Waals surface area contributed by atoms with Gasteiger partial charge in [0.25, 0.3) is 5.85 Å². The number of aryl methyl sites for hydroxylation is 1. The molecule has 0 saturated carbocycles. The molecule has 0 spiro atoms. The molecule has 1 atom stereocenters. The lowest BCUT2D eigenvalue weighted by Gasteiger charge is -2.34. The highest BCUT2D eigenvalue weighted by atomic mass is 16.3. The lowest BCUT2D eigenvalue weighted by Crippen LogP contribution is -2.51. The van der Waals surface area contributed by atoms with Crippen molar-refractivity contribution in [3.63, 3.8) is 0 Å². The molecule has 0 amide bonds. The zero-order valence-electron chi connectivity index (χ0n) is 10.7. The quantitative estimate of drug-likeness (QED) is 0.794. The van der Waals surface area contributed by atoms with Gasteiger partial charge < -0.3 is 10.0 Å². The third-order valence-corrected chi connectivity index (χ3v) is 3.78. The van der Waals surface area contributed by atoms with Gasteiger partial charge in [-0.25, -0.2) is 0 Å². The lowest BCUT2D eigenvalue weighted by atomic mass is 10.1. The average Bonchev–Trinajstić information content (AvgIpc) is 2.57. The van der Waals surface area contributed by atoms with Crippen LogP contribution >= 0.6 is 0 Å². The smallest absolute Gasteiger partial charge is 0.260 e. The van der Waals surface area contributed by atoms with Crippen molar-refractivity contribution in [3.05, 3.63) is 35.4 Å². The SMILES string of the molecule is Cc1ccc([C@]2(O)NN=C3CCCCCN32)cc1. The molecule has 2 aliphatic rings. The fourth-order valence-corrected chi connectivity index (χ4v) is 2.67. The molecule has 96 valence electrons. The van der Waals surface area contributed by atoms with Crippen molar-refractivity contribution in [3.8, 4) is 0 Å². The van der Waals surface area contributed by atoms with Crippen LogP contribution in [0.4, 0.5) is 0 Å². The van der Waals surface area contributed by atoms with E-state index in [4.69, 9.17) is 0 Å². The van der Waals surface area contributed by atoms with E-state index in [2.05, 4.69) is 10.5 Å². The van der Waals surface area contributed by atoms with Gasteiger partial charge >= 0.3 is 0 Å². The summed E-state index contributed by atoms with van der Waals surface area (Å²) < 4.78 is 0. The molecular formula is C14H19N3O. The Morgan fingerprint density at radius 1 is 1.22 bits per heavy atom. The first-order valence-electron chi connectivity index (χ1n) is 6.61. The molecular weight excluding hydrogens is 226 g/mol. The zero-order chi connectivity index (χ0) is 12.6. The first kappa shape index (κ1) is 11.5. The second-order valence-electron chi connectivity index (χ2n) is 5.14. The summed E-state index contributed by atoms with van der Waals surface area (Å²) in [6.07, 6.45) is 4.41. The summed E-state index contributed by atoms with van der Waals surface area (Å²) in [6, 6.07) is 7.97. The van der Waals surface area contributed by atoms with E-state index in [1.165, 1.54) is 12.0 Å². The van der Waals surface area contributed by atoms with Gasteiger partial charge in [0, 0.05) is 18.5 Å². The summed E-state index contributed by atoms with van der Waals surface area (Å²) in [6.45, 7) is 2.90. The van der Waals surface area contributed by atoms with Crippen molar-refractivity contribution in [2.75, 3.05) is 6.54 Å². The molecule has 0 aromatic heterocycles. The van der Waals surface area contributed by atoms with Crippen LogP contribution in [0, 0.1) is 6.92 Å². The Kier molecular flexibility index (Phi) is 2.74. The summed E-state index contributed by atoms with van der Waals surface area (Å²) >= 11 is 0. The van der Waals surface area contributed by atoms with Crippen molar-refractivity contribution in [1.29, 1.82) is 0 Å². The minimum atomic E-state index is -1.16. The van der Waals surface area contributed by atoms with Gasteiger partial charge in [-0.3, -0.25) is 5.43 Å². The number of nitrogens with one attached hydrogen (secondary N) is 1. The van der Waals surface area contributed by atoms with E-state index in [-0.39, 0.29) is 0 Å². The van der Waals surface area contributed by atoms with Crippen LogP contribution in [0.15, 0.2) is 29.4 Å². The van der Waals surface area contributed by atoms with E-state index in [1.54, 1.807) is 0 Å². The molecule has 1 saturated heterocycles. The predicted molar refractivity (Wildman–Crippen MR) is 70.8 cm³/mol. The van der Waals surface area contributed by atoms with E-state index in [9.17, 15) is 5.11 Å². The molecule has 4 nitrogen and oxygen atoms in total. The molecule has 0 bridgehead atoms. The van der Waals surface area contributed by atoms with Crippen molar-refractivity contribution >= 4 is 5.84 Å². The maximum absolute atomic E-state index is 10.9. The Hall–Kier alpha value is -1.55. The minimum Gasteiger partial charge on any atom is -0.349 e. The number of hydrogen-bond donors (Lipinski definition) is 2. The molecule has 1 aromatic carbocycles. The molecule has 4 heteroatoms. The molecule has 2 N–H and O–H groups in total. The Morgan fingerprint density at radius 2 is 2.00 bits per heavy atom. The third-order valence-electron chi connectivity index (χ3n) is 3.78. The summed E-state index contributed by atoms with van der Waals surface area (Å²) in [5, 5.41) is 15.2. The number of nitrogens with zero attached hydrogens (tertiary/aromatic N) is 2. The van der Waals surface area contributed by atoms with E-state index in [0.29, 0.717) is 0 Å². The van der Waals surface area contributed by atoms with Gasteiger partial charge in [0.15, 0.2) is 0 Å². The zero-order valence-corrected chi connectivity index (χ0v) is 10.7. The predicted octanol–water partition coefficient (Wildman–Crippen LogP) is 1.89. The van der Waals surface area contributed by atoms with Crippen molar-refractivity contribution in [2.45, 2.75) is 38.5 Å². The van der Waals surface area contributed by atoms with Gasteiger partial charge in [-0.15, -0.1) is 0 Å². The summed E-state index contributed by atoms with van der Waals surface area (Å²) in [7, 11) is 0. The number of amidine groups is 1. The van der Waals surface area contributed by atoms with Gasteiger partial charge in [0.05, 0.1) is 0 Å². The van der Waals surface area contributed by atoms with Crippen LogP contribution in [0.1, 0.15) is 36.8 Å². The van der Waals surface area contributed by atoms with Crippen LogP contribution in [-0.4, -0.2) is 22.4 Å². The molecule has 1 fully saturated rings. The number of hydrogen-bond acceptors (Lipinski definition) is 4. The van der Waals surface area contributed by atoms with Gasteiger partial charge in [0.2, 0.25) is 0 Å². The summed E-state index contributed by atoms with van der Waals surface area (Å²) in [5.41, 5.74) is 4.96. The first-order chi connectivity index (χ1) is 8.70. The van der Waals surface area contributed by atoms with Crippen molar-refractivity contribution in [1.82, 2.24) is 10.3 Å². The molecule has 3 rings (SSSR count). The van der Waals surface area contributed by atoms with Crippen LogP contribution in [0.25, 0.3) is 0 Å². The van der Waals surface area contributed by atoms with E-state index in [0.717, 1.165) is 37.2 Å². The van der Waals surface area contributed by atoms with Crippen molar-refractivity contribution < 1.29 is 5.11 Å². The number of rotatable bonds is 1. The van der Waals surface area contributed by atoms with Crippen LogP contribution in [-0.2, 0) is 5.85 Å². The molecule has 0 radical (unpaired) electrons. The van der Waals surface area contributed by atoms with Crippen LogP contribution < -0.4 is 5.43 Å². The van der Waals surface area contributed by atoms with Crippen LogP contribution in [0.5, 0.6) is 0 Å². The molecule has 1 aromatic rings. The van der Waals surface area contributed by atoms with Crippen molar-refractivity contribution in [2.24, 2.45) is 5.10 Å². The number of benzene rings is 1. The van der Waals surface area contributed by atoms with Crippen LogP contribution in [0.2, 0.25) is 0 Å². The minimum absolute atomic E-state index is 0.855. The Balaban J connectivity index is 1.93. The van der Waals surface area contributed by atoms with Gasteiger partial charge in [-0.2, -0.15) is 5.10 Å². The standard InChI is InChI=1S/C14H19N3O/c1-11-6-8-12(9-7-11)14(18)16-15-13-5-3-2-4-10-17(13)14/h6-9,16,18H,2-5,10H2,1H3/t14-/m0/s1. The fraction of sp³-hybridized carbons (Fsp3) is 0.500. The number of aliphatic hydroxyl groups is 1. The molecule has 0 unspecified atom stereocenters. The van der Waals surface area contributed by atoms with Gasteiger partial charge in [0.1, 0.15) is 5.84 Å². The maximum Gasteiger partial charge on any atom is 0.260 e. The van der Waals surface area contributed by atoms with Crippen LogP contribution in [0.3, 0.4) is 0 Å². The molecule has 2 aliphatic heterocycles. The molecule has 18 heavy (non-hydrogen) atoms. The summed E-state index contributed by atoms with van der Waals surface area (Å²) in [5.74, 6) is -0.177. The number of fused-ring (bicyclic) bond motifs is 1. The molecule has 2 heterocycles. The summed E-state index contributed by atoms with van der Waals surface area (Å²) in [4.78, 5) is 2.00. The second-order valence-corrected chi connectivity index (χ2v) is 5.14. The second kappa shape index (κ2) is 4.28. The number of hydrazone groups is 1. The Morgan fingerprint density at radius 3 is 2.78 bits per heavy atom. The van der Waals surface area contributed by atoms with Gasteiger partial charge in [-0.1, -0.05) is 36.2 Å². The normalized spacial score (nSPS) is 27.2. The highest BCUT2D eigenvalue weighted by Crippen LogP contribution is 2.31. The fourth-order valence-electron chi connectivity index (χ4n) is 2.67. The monoisotopic (exact) mass is 245 g/mol. The lowest BCUT2D eigenvalue weighted by molar-refractivity contribution is -0.0914. The van der Waals surface area contributed by atoms with Gasteiger partial charge in [-0.05, 0) is 19.8 Å².